The molecule has 1 aromatic carbocycles. The van der Waals surface area contributed by atoms with Crippen LogP contribution < -0.4 is 10.2 Å². The summed E-state index contributed by atoms with van der Waals surface area (Å²) in [5, 5.41) is 3.65. The van der Waals surface area contributed by atoms with Crippen LogP contribution >= 0.6 is 0 Å². The summed E-state index contributed by atoms with van der Waals surface area (Å²) in [5.74, 6) is 0. The minimum Gasteiger partial charge on any atom is -0.382 e. The number of nitrogens with one attached hydrogen (secondary N) is 1. The molecule has 2 atom stereocenters. The Hall–Kier alpha value is -1.22. The standard InChI is InChI=1S/C17H28N2O/c1-5-19(6-2)17-9-7-15(8-10-17)18-16-11-13(3)20-14(4)12-16/h7-10,13-14,16,18H,5-6,11-12H2,1-4H3. The van der Waals surface area contributed by atoms with Crippen LogP contribution in [0.5, 0.6) is 0 Å². The molecule has 1 aromatic rings. The molecule has 0 radical (unpaired) electrons. The van der Waals surface area contributed by atoms with Crippen molar-refractivity contribution in [2.45, 2.75) is 58.8 Å². The van der Waals surface area contributed by atoms with E-state index in [-0.39, 0.29) is 0 Å². The second-order valence-corrected chi connectivity index (χ2v) is 5.79. The Morgan fingerprint density at radius 3 is 2.10 bits per heavy atom. The molecule has 1 heterocycles. The Kier molecular flexibility index (Phi) is 5.30. The molecule has 0 spiro atoms. The molecule has 3 nitrogen and oxygen atoms in total. The van der Waals surface area contributed by atoms with E-state index in [1.807, 2.05) is 0 Å². The first-order chi connectivity index (χ1) is 9.62. The maximum absolute atomic E-state index is 5.79. The van der Waals surface area contributed by atoms with Gasteiger partial charge in [0.2, 0.25) is 0 Å². The van der Waals surface area contributed by atoms with Crippen molar-refractivity contribution in [1.82, 2.24) is 0 Å². The minimum absolute atomic E-state index is 0.353. The second-order valence-electron chi connectivity index (χ2n) is 5.79. The summed E-state index contributed by atoms with van der Waals surface area (Å²) in [7, 11) is 0. The van der Waals surface area contributed by atoms with Gasteiger partial charge in [-0.05, 0) is 64.8 Å². The molecule has 112 valence electrons. The monoisotopic (exact) mass is 276 g/mol. The van der Waals surface area contributed by atoms with Gasteiger partial charge in [-0.25, -0.2) is 0 Å². The summed E-state index contributed by atoms with van der Waals surface area (Å²) in [5.41, 5.74) is 2.52. The molecular formula is C17H28N2O. The fourth-order valence-electron chi connectivity index (χ4n) is 3.12. The SMILES string of the molecule is CCN(CC)c1ccc(NC2CC(C)OC(C)C2)cc1. The minimum atomic E-state index is 0.353. The van der Waals surface area contributed by atoms with E-state index >= 15 is 0 Å². The predicted octanol–water partition coefficient (Wildman–Crippen LogP) is 3.90. The Labute approximate surface area is 123 Å². The van der Waals surface area contributed by atoms with Gasteiger partial charge >= 0.3 is 0 Å². The van der Waals surface area contributed by atoms with E-state index in [1.165, 1.54) is 11.4 Å². The Morgan fingerprint density at radius 1 is 1.05 bits per heavy atom. The number of anilines is 2. The summed E-state index contributed by atoms with van der Waals surface area (Å²) >= 11 is 0. The average Bonchev–Trinajstić information content (AvgIpc) is 2.41. The van der Waals surface area contributed by atoms with Crippen molar-refractivity contribution in [2.24, 2.45) is 0 Å². The largest absolute Gasteiger partial charge is 0.382 e. The molecule has 3 heteroatoms. The number of hydrogen-bond acceptors (Lipinski definition) is 3. The molecule has 1 aliphatic rings. The average molecular weight is 276 g/mol. The van der Waals surface area contributed by atoms with Crippen LogP contribution in [0, 0.1) is 0 Å². The lowest BCUT2D eigenvalue weighted by atomic mass is 9.99. The van der Waals surface area contributed by atoms with E-state index in [4.69, 9.17) is 4.74 Å². The smallest absolute Gasteiger partial charge is 0.0570 e. The zero-order valence-electron chi connectivity index (χ0n) is 13.2. The molecule has 0 amide bonds. The highest BCUT2D eigenvalue weighted by Crippen LogP contribution is 2.24. The molecule has 0 aliphatic carbocycles. The first-order valence-electron chi connectivity index (χ1n) is 7.89. The molecule has 1 fully saturated rings. The summed E-state index contributed by atoms with van der Waals surface area (Å²) < 4.78 is 5.79. The molecule has 2 unspecified atom stereocenters. The quantitative estimate of drug-likeness (QED) is 0.882. The Morgan fingerprint density at radius 2 is 1.60 bits per heavy atom. The van der Waals surface area contributed by atoms with Crippen molar-refractivity contribution in [3.8, 4) is 0 Å². The normalized spacial score (nSPS) is 26.3. The van der Waals surface area contributed by atoms with Crippen molar-refractivity contribution >= 4 is 11.4 Å². The van der Waals surface area contributed by atoms with Crippen LogP contribution in [0.25, 0.3) is 0 Å². The van der Waals surface area contributed by atoms with Crippen molar-refractivity contribution < 1.29 is 4.74 Å². The van der Waals surface area contributed by atoms with Gasteiger partial charge in [-0.1, -0.05) is 0 Å². The fraction of sp³-hybridized carbons (Fsp3) is 0.647. The third-order valence-corrected chi connectivity index (χ3v) is 4.06. The van der Waals surface area contributed by atoms with Crippen LogP contribution in [0.2, 0.25) is 0 Å². The van der Waals surface area contributed by atoms with Gasteiger partial charge < -0.3 is 15.0 Å². The lowest BCUT2D eigenvalue weighted by molar-refractivity contribution is -0.0337. The van der Waals surface area contributed by atoms with Crippen molar-refractivity contribution in [3.63, 3.8) is 0 Å². The molecule has 0 bridgehead atoms. The Balaban J connectivity index is 1.96. The zero-order valence-corrected chi connectivity index (χ0v) is 13.2. The molecule has 1 N–H and O–H groups in total. The van der Waals surface area contributed by atoms with Gasteiger partial charge in [0.15, 0.2) is 0 Å². The zero-order chi connectivity index (χ0) is 14.5. The van der Waals surface area contributed by atoms with E-state index < -0.39 is 0 Å². The number of rotatable bonds is 5. The Bertz CT molecular complexity index is 390. The third kappa shape index (κ3) is 3.89. The molecular weight excluding hydrogens is 248 g/mol. The highest BCUT2D eigenvalue weighted by molar-refractivity contribution is 5.55. The number of benzene rings is 1. The number of hydrogen-bond donors (Lipinski definition) is 1. The van der Waals surface area contributed by atoms with Gasteiger partial charge in [-0.2, -0.15) is 0 Å². The van der Waals surface area contributed by atoms with E-state index in [0.29, 0.717) is 18.2 Å². The highest BCUT2D eigenvalue weighted by Gasteiger charge is 2.24. The van der Waals surface area contributed by atoms with Crippen LogP contribution in [0.15, 0.2) is 24.3 Å². The van der Waals surface area contributed by atoms with Crippen LogP contribution in [0.3, 0.4) is 0 Å². The lowest BCUT2D eigenvalue weighted by Crippen LogP contribution is -2.36. The molecule has 20 heavy (non-hydrogen) atoms. The predicted molar refractivity (Wildman–Crippen MR) is 86.7 cm³/mol. The number of ether oxygens (including phenoxy) is 1. The van der Waals surface area contributed by atoms with Gasteiger partial charge in [0, 0.05) is 30.5 Å². The first-order valence-corrected chi connectivity index (χ1v) is 7.89. The van der Waals surface area contributed by atoms with E-state index in [9.17, 15) is 0 Å². The van der Waals surface area contributed by atoms with Crippen LogP contribution in [-0.4, -0.2) is 31.3 Å². The van der Waals surface area contributed by atoms with Crippen molar-refractivity contribution in [2.75, 3.05) is 23.3 Å². The van der Waals surface area contributed by atoms with E-state index in [2.05, 4.69) is 62.2 Å². The maximum atomic E-state index is 5.79. The fourth-order valence-corrected chi connectivity index (χ4v) is 3.12. The van der Waals surface area contributed by atoms with Crippen LogP contribution in [0.1, 0.15) is 40.5 Å². The van der Waals surface area contributed by atoms with Crippen LogP contribution in [-0.2, 0) is 4.74 Å². The van der Waals surface area contributed by atoms with Crippen molar-refractivity contribution in [1.29, 1.82) is 0 Å². The van der Waals surface area contributed by atoms with E-state index in [0.717, 1.165) is 25.9 Å². The third-order valence-electron chi connectivity index (χ3n) is 4.06. The molecule has 1 aliphatic heterocycles. The van der Waals surface area contributed by atoms with Crippen LogP contribution in [0.4, 0.5) is 11.4 Å². The van der Waals surface area contributed by atoms with Gasteiger partial charge in [-0.3, -0.25) is 0 Å². The van der Waals surface area contributed by atoms with Gasteiger partial charge in [0.05, 0.1) is 12.2 Å². The molecule has 2 rings (SSSR count). The number of nitrogens with zero attached hydrogens (tertiary/aromatic N) is 1. The lowest BCUT2D eigenvalue weighted by Gasteiger charge is -2.33. The first kappa shape index (κ1) is 15.2. The summed E-state index contributed by atoms with van der Waals surface area (Å²) in [6.07, 6.45) is 2.88. The topological polar surface area (TPSA) is 24.5 Å². The van der Waals surface area contributed by atoms with Gasteiger partial charge in [0.25, 0.3) is 0 Å². The molecule has 0 saturated carbocycles. The highest BCUT2D eigenvalue weighted by atomic mass is 16.5. The van der Waals surface area contributed by atoms with E-state index in [1.54, 1.807) is 0 Å². The van der Waals surface area contributed by atoms with Gasteiger partial charge in [0.1, 0.15) is 0 Å². The van der Waals surface area contributed by atoms with Crippen molar-refractivity contribution in [3.05, 3.63) is 24.3 Å². The summed E-state index contributed by atoms with van der Waals surface area (Å²) in [4.78, 5) is 2.36. The molecule has 0 aromatic heterocycles. The summed E-state index contributed by atoms with van der Waals surface area (Å²) in [6, 6.07) is 9.33. The van der Waals surface area contributed by atoms with Gasteiger partial charge in [-0.15, -0.1) is 0 Å². The second kappa shape index (κ2) is 6.98. The molecule has 1 saturated heterocycles. The summed E-state index contributed by atoms with van der Waals surface area (Å²) in [6.45, 7) is 10.8. The maximum Gasteiger partial charge on any atom is 0.0570 e.